The maximum Gasteiger partial charge on any atom is 0.0991 e. The maximum atomic E-state index is 8.73. The molecule has 0 radical (unpaired) electrons. The number of anilines is 1. The summed E-state index contributed by atoms with van der Waals surface area (Å²) in [6, 6.07) is 18.0. The van der Waals surface area contributed by atoms with Gasteiger partial charge in [-0.15, -0.1) is 0 Å². The zero-order chi connectivity index (χ0) is 13.5. The van der Waals surface area contributed by atoms with Crippen molar-refractivity contribution in [1.82, 2.24) is 0 Å². The van der Waals surface area contributed by atoms with Crippen LogP contribution in [0, 0.1) is 11.3 Å². The summed E-state index contributed by atoms with van der Waals surface area (Å²) < 4.78 is 0. The molecule has 0 saturated heterocycles. The molecule has 0 amide bonds. The van der Waals surface area contributed by atoms with Crippen LogP contribution < -0.4 is 11.1 Å². The fraction of sp³-hybridized carbons (Fsp3) is 0.188. The zero-order valence-electron chi connectivity index (χ0n) is 10.8. The van der Waals surface area contributed by atoms with Crippen molar-refractivity contribution in [1.29, 1.82) is 5.26 Å². The summed E-state index contributed by atoms with van der Waals surface area (Å²) in [6.45, 7) is 1.46. The zero-order valence-corrected chi connectivity index (χ0v) is 10.8. The largest absolute Gasteiger partial charge is 0.381 e. The first-order valence-corrected chi connectivity index (χ1v) is 6.34. The van der Waals surface area contributed by atoms with Gasteiger partial charge in [0.15, 0.2) is 0 Å². The molecular formula is C16H17N3. The molecule has 0 aliphatic rings. The molecule has 0 unspecified atom stereocenters. The van der Waals surface area contributed by atoms with Crippen molar-refractivity contribution in [3.63, 3.8) is 0 Å². The van der Waals surface area contributed by atoms with E-state index in [-0.39, 0.29) is 0 Å². The minimum atomic E-state index is 0.677. The van der Waals surface area contributed by atoms with Crippen LogP contribution in [-0.2, 0) is 13.0 Å². The van der Waals surface area contributed by atoms with Crippen molar-refractivity contribution < 1.29 is 0 Å². The van der Waals surface area contributed by atoms with Crippen LogP contribution in [0.15, 0.2) is 48.5 Å². The van der Waals surface area contributed by atoms with Crippen molar-refractivity contribution in [2.45, 2.75) is 13.0 Å². The summed E-state index contributed by atoms with van der Waals surface area (Å²) >= 11 is 0. The number of hydrogen-bond donors (Lipinski definition) is 2. The van der Waals surface area contributed by atoms with Crippen molar-refractivity contribution >= 4 is 5.69 Å². The first-order chi connectivity index (χ1) is 9.31. The highest BCUT2D eigenvalue weighted by atomic mass is 14.9. The lowest BCUT2D eigenvalue weighted by Crippen LogP contribution is -2.03. The van der Waals surface area contributed by atoms with Crippen LogP contribution in [-0.4, -0.2) is 6.54 Å². The molecule has 19 heavy (non-hydrogen) atoms. The first-order valence-electron chi connectivity index (χ1n) is 6.34. The van der Waals surface area contributed by atoms with Crippen LogP contribution in [0.3, 0.4) is 0 Å². The predicted octanol–water partition coefficient (Wildman–Crippen LogP) is 2.67. The van der Waals surface area contributed by atoms with E-state index < -0.39 is 0 Å². The average molecular weight is 251 g/mol. The Bertz CT molecular complexity index is 550. The number of nitrogens with zero attached hydrogens (tertiary/aromatic N) is 1. The second-order valence-corrected chi connectivity index (χ2v) is 4.40. The quantitative estimate of drug-likeness (QED) is 0.858. The summed E-state index contributed by atoms with van der Waals surface area (Å²) in [7, 11) is 0. The van der Waals surface area contributed by atoms with Gasteiger partial charge in [0, 0.05) is 12.2 Å². The fourth-order valence-corrected chi connectivity index (χ4v) is 1.86. The Hall–Kier alpha value is -2.31. The molecule has 0 bridgehead atoms. The van der Waals surface area contributed by atoms with E-state index in [9.17, 15) is 0 Å². The van der Waals surface area contributed by atoms with Crippen molar-refractivity contribution in [3.05, 3.63) is 65.2 Å². The molecule has 0 saturated carbocycles. The summed E-state index contributed by atoms with van der Waals surface area (Å²) in [5.74, 6) is 0. The number of benzene rings is 2. The molecule has 0 fully saturated rings. The van der Waals surface area contributed by atoms with Crippen molar-refractivity contribution in [2.75, 3.05) is 11.9 Å². The Morgan fingerprint density at radius 1 is 0.947 bits per heavy atom. The highest BCUT2D eigenvalue weighted by Crippen LogP contribution is 2.11. The lowest BCUT2D eigenvalue weighted by Gasteiger charge is -2.07. The molecule has 2 aromatic carbocycles. The Morgan fingerprint density at radius 2 is 1.58 bits per heavy atom. The van der Waals surface area contributed by atoms with E-state index >= 15 is 0 Å². The van der Waals surface area contributed by atoms with Gasteiger partial charge in [-0.05, 0) is 48.4 Å². The lowest BCUT2D eigenvalue weighted by atomic mass is 10.1. The van der Waals surface area contributed by atoms with E-state index in [1.54, 1.807) is 0 Å². The second kappa shape index (κ2) is 6.58. The second-order valence-electron chi connectivity index (χ2n) is 4.40. The molecule has 3 nitrogen and oxygen atoms in total. The minimum absolute atomic E-state index is 0.677. The van der Waals surface area contributed by atoms with Crippen LogP contribution >= 0.6 is 0 Å². The molecule has 0 atom stereocenters. The van der Waals surface area contributed by atoms with E-state index in [0.717, 1.165) is 18.7 Å². The van der Waals surface area contributed by atoms with E-state index in [2.05, 4.69) is 35.7 Å². The normalized spacial score (nSPS) is 9.89. The Kier molecular flexibility index (Phi) is 4.54. The van der Waals surface area contributed by atoms with E-state index in [1.807, 2.05) is 24.3 Å². The minimum Gasteiger partial charge on any atom is -0.381 e. The van der Waals surface area contributed by atoms with Crippen LogP contribution in [0.4, 0.5) is 5.69 Å². The predicted molar refractivity (Wildman–Crippen MR) is 77.7 cm³/mol. The van der Waals surface area contributed by atoms with Gasteiger partial charge in [0.25, 0.3) is 0 Å². The molecule has 0 aromatic heterocycles. The molecule has 2 rings (SSSR count). The number of nitriles is 1. The first kappa shape index (κ1) is 13.1. The Morgan fingerprint density at radius 3 is 2.16 bits per heavy atom. The molecular weight excluding hydrogens is 234 g/mol. The third-order valence-corrected chi connectivity index (χ3v) is 2.97. The van der Waals surface area contributed by atoms with Gasteiger partial charge in [0.2, 0.25) is 0 Å². The SMILES string of the molecule is N#Cc1ccc(NCc2ccc(CCN)cc2)cc1. The van der Waals surface area contributed by atoms with Gasteiger partial charge in [0.1, 0.15) is 0 Å². The van der Waals surface area contributed by atoms with Crippen LogP contribution in [0.2, 0.25) is 0 Å². The summed E-state index contributed by atoms with van der Waals surface area (Å²) in [5.41, 5.74) is 9.71. The molecule has 0 aliphatic carbocycles. The van der Waals surface area contributed by atoms with Gasteiger partial charge in [-0.3, -0.25) is 0 Å². The summed E-state index contributed by atoms with van der Waals surface area (Å²) in [5, 5.41) is 12.1. The highest BCUT2D eigenvalue weighted by molar-refractivity contribution is 5.47. The van der Waals surface area contributed by atoms with Gasteiger partial charge in [-0.2, -0.15) is 5.26 Å². The van der Waals surface area contributed by atoms with Gasteiger partial charge >= 0.3 is 0 Å². The van der Waals surface area contributed by atoms with Crippen molar-refractivity contribution in [2.24, 2.45) is 5.73 Å². The van der Waals surface area contributed by atoms with Gasteiger partial charge in [-0.1, -0.05) is 24.3 Å². The number of hydrogen-bond acceptors (Lipinski definition) is 3. The van der Waals surface area contributed by atoms with E-state index in [1.165, 1.54) is 11.1 Å². The van der Waals surface area contributed by atoms with E-state index in [4.69, 9.17) is 11.0 Å². The smallest absolute Gasteiger partial charge is 0.0991 e. The van der Waals surface area contributed by atoms with Gasteiger partial charge < -0.3 is 11.1 Å². The third-order valence-electron chi connectivity index (χ3n) is 2.97. The Labute approximate surface area is 113 Å². The summed E-state index contributed by atoms with van der Waals surface area (Å²) in [4.78, 5) is 0. The number of nitrogens with two attached hydrogens (primary N) is 1. The molecule has 0 heterocycles. The maximum absolute atomic E-state index is 8.73. The molecule has 3 heteroatoms. The standard InChI is InChI=1S/C16H17N3/c17-10-9-13-1-3-15(4-2-13)12-19-16-7-5-14(11-18)6-8-16/h1-8,19H,9-10,12,17H2. The third kappa shape index (κ3) is 3.84. The average Bonchev–Trinajstić information content (AvgIpc) is 2.47. The van der Waals surface area contributed by atoms with Crippen LogP contribution in [0.5, 0.6) is 0 Å². The molecule has 2 aromatic rings. The van der Waals surface area contributed by atoms with Gasteiger partial charge in [0.05, 0.1) is 11.6 Å². The molecule has 0 spiro atoms. The number of rotatable bonds is 5. The molecule has 96 valence electrons. The highest BCUT2D eigenvalue weighted by Gasteiger charge is 1.96. The molecule has 3 N–H and O–H groups in total. The summed E-state index contributed by atoms with van der Waals surface area (Å²) in [6.07, 6.45) is 0.920. The topological polar surface area (TPSA) is 61.8 Å². The van der Waals surface area contributed by atoms with Crippen LogP contribution in [0.1, 0.15) is 16.7 Å². The lowest BCUT2D eigenvalue weighted by molar-refractivity contribution is 0.966. The monoisotopic (exact) mass is 251 g/mol. The Balaban J connectivity index is 1.92. The van der Waals surface area contributed by atoms with E-state index in [0.29, 0.717) is 12.1 Å². The molecule has 0 aliphatic heterocycles. The fourth-order valence-electron chi connectivity index (χ4n) is 1.86. The van der Waals surface area contributed by atoms with Crippen LogP contribution in [0.25, 0.3) is 0 Å². The van der Waals surface area contributed by atoms with Gasteiger partial charge in [-0.25, -0.2) is 0 Å². The van der Waals surface area contributed by atoms with Crippen molar-refractivity contribution in [3.8, 4) is 6.07 Å². The number of nitrogens with one attached hydrogen (secondary N) is 1.